The van der Waals surface area contributed by atoms with Crippen molar-refractivity contribution in [1.29, 1.82) is 0 Å². The van der Waals surface area contributed by atoms with E-state index < -0.39 is 6.10 Å². The van der Waals surface area contributed by atoms with Crippen LogP contribution < -0.4 is 10.1 Å². The Bertz CT molecular complexity index is 1280. The molecule has 2 heterocycles. The van der Waals surface area contributed by atoms with Crippen LogP contribution in [0.4, 0.5) is 5.69 Å². The van der Waals surface area contributed by atoms with Crippen LogP contribution in [0, 0.1) is 0 Å². The first kappa shape index (κ1) is 23.1. The number of nitrogens with zero attached hydrogens (tertiary/aromatic N) is 2. The number of benzene rings is 3. The summed E-state index contributed by atoms with van der Waals surface area (Å²) in [5, 5.41) is 11.5. The van der Waals surface area contributed by atoms with Crippen LogP contribution in [-0.2, 0) is 9.53 Å². The molecule has 7 heteroatoms. The van der Waals surface area contributed by atoms with Crippen molar-refractivity contribution in [2.24, 2.45) is 0 Å². The van der Waals surface area contributed by atoms with Gasteiger partial charge in [0.1, 0.15) is 11.9 Å². The zero-order valence-corrected chi connectivity index (χ0v) is 20.0. The van der Waals surface area contributed by atoms with Crippen LogP contribution in [0.1, 0.15) is 24.5 Å². The van der Waals surface area contributed by atoms with Crippen LogP contribution in [0.3, 0.4) is 0 Å². The molecule has 1 unspecified atom stereocenters. The van der Waals surface area contributed by atoms with Gasteiger partial charge in [-0.3, -0.25) is 9.89 Å². The fraction of sp³-hybridized carbons (Fsp3) is 0.286. The lowest BCUT2D eigenvalue weighted by molar-refractivity contribution is -0.126. The molecule has 1 aliphatic rings. The van der Waals surface area contributed by atoms with E-state index in [0.29, 0.717) is 5.69 Å². The molecule has 1 saturated heterocycles. The molecule has 0 aliphatic carbocycles. The molecule has 180 valence electrons. The predicted molar refractivity (Wildman–Crippen MR) is 137 cm³/mol. The number of ether oxygens (including phenoxy) is 2. The van der Waals surface area contributed by atoms with Gasteiger partial charge in [0.25, 0.3) is 5.91 Å². The van der Waals surface area contributed by atoms with Crippen molar-refractivity contribution in [2.45, 2.75) is 25.0 Å². The number of carbonyl (C=O) groups excluding carboxylic acids is 1. The van der Waals surface area contributed by atoms with E-state index in [0.717, 1.165) is 59.4 Å². The van der Waals surface area contributed by atoms with E-state index in [1.54, 1.807) is 0 Å². The third-order valence-electron chi connectivity index (χ3n) is 6.50. The Labute approximate surface area is 205 Å². The van der Waals surface area contributed by atoms with Gasteiger partial charge in [-0.15, -0.1) is 0 Å². The highest BCUT2D eigenvalue weighted by Gasteiger charge is 2.21. The number of anilines is 1. The molecule has 3 aromatic carbocycles. The summed E-state index contributed by atoms with van der Waals surface area (Å²) < 4.78 is 11.6. The molecule has 35 heavy (non-hydrogen) atoms. The van der Waals surface area contributed by atoms with Crippen molar-refractivity contribution in [3.05, 3.63) is 78.4 Å². The number of likely N-dealkylation sites (tertiary alicyclic amines) is 1. The van der Waals surface area contributed by atoms with Crippen LogP contribution in [0.2, 0.25) is 0 Å². The molecular formula is C28H30N4O3. The zero-order valence-electron chi connectivity index (χ0n) is 20.0. The number of amides is 1. The maximum absolute atomic E-state index is 12.9. The van der Waals surface area contributed by atoms with Gasteiger partial charge in [-0.05, 0) is 67.9 Å². The number of nitrogens with one attached hydrogen (secondary N) is 2. The smallest absolute Gasteiger partial charge is 0.258 e. The Morgan fingerprint density at radius 1 is 1.06 bits per heavy atom. The maximum Gasteiger partial charge on any atom is 0.258 e. The minimum Gasteiger partial charge on any atom is -0.490 e. The summed E-state index contributed by atoms with van der Waals surface area (Å²) in [4.78, 5) is 15.2. The molecule has 0 radical (unpaired) electrons. The number of hydrogen-bond donors (Lipinski definition) is 2. The Morgan fingerprint density at radius 2 is 1.80 bits per heavy atom. The van der Waals surface area contributed by atoms with Crippen molar-refractivity contribution >= 4 is 22.5 Å². The van der Waals surface area contributed by atoms with Gasteiger partial charge in [0, 0.05) is 36.8 Å². The predicted octanol–water partition coefficient (Wildman–Crippen LogP) is 5.03. The number of aromatic nitrogens is 2. The number of piperidine rings is 1. The molecule has 0 saturated carbocycles. The Balaban J connectivity index is 1.32. The third kappa shape index (κ3) is 5.21. The number of aromatic amines is 1. The fourth-order valence-electron chi connectivity index (χ4n) is 4.53. The highest BCUT2D eigenvalue weighted by molar-refractivity contribution is 5.99. The van der Waals surface area contributed by atoms with E-state index in [1.165, 1.54) is 7.11 Å². The van der Waals surface area contributed by atoms with E-state index in [4.69, 9.17) is 9.47 Å². The molecular weight excluding hydrogens is 440 g/mol. The third-order valence-corrected chi connectivity index (χ3v) is 6.50. The molecule has 1 aromatic heterocycles. The van der Waals surface area contributed by atoms with Crippen molar-refractivity contribution < 1.29 is 14.3 Å². The first-order chi connectivity index (χ1) is 17.1. The van der Waals surface area contributed by atoms with E-state index in [1.807, 2.05) is 72.8 Å². The first-order valence-corrected chi connectivity index (χ1v) is 11.9. The highest BCUT2D eigenvalue weighted by Crippen LogP contribution is 2.31. The minimum absolute atomic E-state index is 0.224. The average molecular weight is 471 g/mol. The summed E-state index contributed by atoms with van der Waals surface area (Å²) in [6, 6.07) is 23.2. The zero-order chi connectivity index (χ0) is 24.2. The van der Waals surface area contributed by atoms with E-state index in [-0.39, 0.29) is 12.0 Å². The number of rotatable bonds is 7. The molecule has 0 bridgehead atoms. The van der Waals surface area contributed by atoms with Crippen molar-refractivity contribution in [3.63, 3.8) is 0 Å². The molecule has 0 spiro atoms. The average Bonchev–Trinajstić information content (AvgIpc) is 3.30. The minimum atomic E-state index is -0.687. The largest absolute Gasteiger partial charge is 0.490 e. The number of H-pyrrole nitrogens is 1. The second-order valence-electron chi connectivity index (χ2n) is 8.99. The van der Waals surface area contributed by atoms with Crippen LogP contribution in [-0.4, -0.2) is 54.4 Å². The standard InChI is InChI=1S/C28H30N4O3/c1-32-16-14-23(15-17-32)35-22-11-8-19(9-12-22)26-24-18-21(10-13-25(24)30-31-26)29-28(33)27(34-2)20-6-4-3-5-7-20/h3-13,18,23,27H,14-17H2,1-2H3,(H,29,33)(H,30,31). The SMILES string of the molecule is COC(C(=O)Nc1ccc2[nH]nc(-c3ccc(OC4CCN(C)CC4)cc3)c2c1)c1ccccc1. The second kappa shape index (κ2) is 10.3. The van der Waals surface area contributed by atoms with Gasteiger partial charge in [0.05, 0.1) is 11.2 Å². The summed E-state index contributed by atoms with van der Waals surface area (Å²) in [6.07, 6.45) is 1.67. The van der Waals surface area contributed by atoms with Gasteiger partial charge in [0.15, 0.2) is 6.10 Å². The summed E-state index contributed by atoms with van der Waals surface area (Å²) in [6.45, 7) is 2.13. The van der Waals surface area contributed by atoms with Crippen LogP contribution in [0.5, 0.6) is 5.75 Å². The number of carbonyl (C=O) groups is 1. The quantitative estimate of drug-likeness (QED) is 0.396. The monoisotopic (exact) mass is 470 g/mol. The topological polar surface area (TPSA) is 79.5 Å². The molecule has 1 atom stereocenters. The Morgan fingerprint density at radius 3 is 2.51 bits per heavy atom. The van der Waals surface area contributed by atoms with Crippen LogP contribution in [0.15, 0.2) is 72.8 Å². The van der Waals surface area contributed by atoms with Gasteiger partial charge in [0.2, 0.25) is 0 Å². The molecule has 2 N–H and O–H groups in total. The molecule has 7 nitrogen and oxygen atoms in total. The van der Waals surface area contributed by atoms with E-state index >= 15 is 0 Å². The number of methoxy groups -OCH3 is 1. The highest BCUT2D eigenvalue weighted by atomic mass is 16.5. The molecule has 1 aliphatic heterocycles. The number of fused-ring (bicyclic) bond motifs is 1. The van der Waals surface area contributed by atoms with Gasteiger partial charge in [-0.25, -0.2) is 0 Å². The molecule has 1 amide bonds. The number of hydrogen-bond acceptors (Lipinski definition) is 5. The van der Waals surface area contributed by atoms with Gasteiger partial charge >= 0.3 is 0 Å². The summed E-state index contributed by atoms with van der Waals surface area (Å²) in [7, 11) is 3.68. The Hall–Kier alpha value is -3.68. The van der Waals surface area contributed by atoms with E-state index in [9.17, 15) is 4.79 Å². The molecule has 4 aromatic rings. The van der Waals surface area contributed by atoms with Gasteiger partial charge in [-0.2, -0.15) is 5.10 Å². The maximum atomic E-state index is 12.9. The van der Waals surface area contributed by atoms with Gasteiger partial charge in [-0.1, -0.05) is 30.3 Å². The molecule has 1 fully saturated rings. The summed E-state index contributed by atoms with van der Waals surface area (Å²) in [5.74, 6) is 0.654. The lowest BCUT2D eigenvalue weighted by Gasteiger charge is -2.29. The van der Waals surface area contributed by atoms with Crippen LogP contribution >= 0.6 is 0 Å². The van der Waals surface area contributed by atoms with Crippen LogP contribution in [0.25, 0.3) is 22.2 Å². The first-order valence-electron chi connectivity index (χ1n) is 11.9. The summed E-state index contributed by atoms with van der Waals surface area (Å²) >= 11 is 0. The molecule has 5 rings (SSSR count). The summed E-state index contributed by atoms with van der Waals surface area (Å²) in [5.41, 5.74) is 4.20. The van der Waals surface area contributed by atoms with Crippen molar-refractivity contribution in [1.82, 2.24) is 15.1 Å². The second-order valence-corrected chi connectivity index (χ2v) is 8.99. The fourth-order valence-corrected chi connectivity index (χ4v) is 4.53. The van der Waals surface area contributed by atoms with E-state index in [2.05, 4.69) is 27.5 Å². The van der Waals surface area contributed by atoms with Crippen molar-refractivity contribution in [3.8, 4) is 17.0 Å². The lowest BCUT2D eigenvalue weighted by atomic mass is 10.1. The lowest BCUT2D eigenvalue weighted by Crippen LogP contribution is -2.35. The Kier molecular flexibility index (Phi) is 6.79. The van der Waals surface area contributed by atoms with Crippen molar-refractivity contribution in [2.75, 3.05) is 32.6 Å². The van der Waals surface area contributed by atoms with Gasteiger partial charge < -0.3 is 19.7 Å². The normalized spacial score (nSPS) is 15.7.